The first-order valence-electron chi connectivity index (χ1n) is 11.6. The summed E-state index contributed by atoms with van der Waals surface area (Å²) in [6, 6.07) is 8.89. The maximum absolute atomic E-state index is 15.0. The predicted molar refractivity (Wildman–Crippen MR) is 130 cm³/mol. The summed E-state index contributed by atoms with van der Waals surface area (Å²) in [5, 5.41) is 9.40. The number of benzene rings is 1. The molecule has 1 heterocycles. The van der Waals surface area contributed by atoms with Gasteiger partial charge >= 0.3 is 5.97 Å². The summed E-state index contributed by atoms with van der Waals surface area (Å²) < 4.78 is 40.5. The molecule has 2 aliphatic carbocycles. The molecule has 34 heavy (non-hydrogen) atoms. The van der Waals surface area contributed by atoms with Crippen LogP contribution in [0.3, 0.4) is 0 Å². The maximum Gasteiger partial charge on any atom is 0.341 e. The lowest BCUT2D eigenvalue weighted by Crippen LogP contribution is -2.38. The second-order valence-electron chi connectivity index (χ2n) is 9.55. The molecule has 2 aliphatic rings. The molecule has 2 saturated carbocycles. The molecule has 0 radical (unpaired) electrons. The fraction of sp³-hybridized carbons (Fsp3) is 0.538. The largest absolute Gasteiger partial charge is 0.493 e. The Labute approximate surface area is 206 Å². The minimum atomic E-state index is -2.32. The second kappa shape index (κ2) is 10.9. The number of hydrogen-bond donors (Lipinski definition) is 1. The van der Waals surface area contributed by atoms with Crippen molar-refractivity contribution in [1.82, 2.24) is 4.98 Å². The van der Waals surface area contributed by atoms with Gasteiger partial charge in [-0.3, -0.25) is 0 Å². The number of pyridine rings is 1. The molecule has 0 bridgehead atoms. The van der Waals surface area contributed by atoms with Gasteiger partial charge in [-0.2, -0.15) is 13.5 Å². The highest BCUT2D eigenvalue weighted by Crippen LogP contribution is 2.50. The molecular weight excluding hydrogens is 460 g/mol. The third kappa shape index (κ3) is 5.82. The van der Waals surface area contributed by atoms with Crippen molar-refractivity contribution in [1.29, 1.82) is 0 Å². The third-order valence-electron chi connectivity index (χ3n) is 7.15. The number of alkyl halides is 1. The Balaban J connectivity index is 0.00000324. The average molecular weight is 494 g/mol. The number of methoxy groups -OCH3 is 1. The zero-order valence-electron chi connectivity index (χ0n) is 19.6. The molecule has 0 amide bonds. The molecule has 1 unspecified atom stereocenters. The molecule has 1 aromatic carbocycles. The van der Waals surface area contributed by atoms with Crippen LogP contribution in [0.15, 0.2) is 36.5 Å². The van der Waals surface area contributed by atoms with Crippen LogP contribution in [-0.2, 0) is 4.79 Å². The highest BCUT2D eigenvalue weighted by Gasteiger charge is 2.50. The lowest BCUT2D eigenvalue weighted by atomic mass is 9.79. The topological polar surface area (TPSA) is 68.7 Å². The molecule has 2 aromatic rings. The molecule has 5 nitrogen and oxygen atoms in total. The van der Waals surface area contributed by atoms with Gasteiger partial charge < -0.3 is 14.6 Å². The normalized spacial score (nSPS) is 22.7. The number of aromatic nitrogens is 1. The Morgan fingerprint density at radius 1 is 1.21 bits per heavy atom. The smallest absolute Gasteiger partial charge is 0.341 e. The van der Waals surface area contributed by atoms with Gasteiger partial charge in [0.1, 0.15) is 11.6 Å². The Bertz CT molecular complexity index is 991. The first-order chi connectivity index (χ1) is 15.8. The van der Waals surface area contributed by atoms with Crippen LogP contribution in [0.5, 0.6) is 11.6 Å². The Hall–Kier alpha value is -2.35. The fourth-order valence-electron chi connectivity index (χ4n) is 5.10. The molecule has 8 heteroatoms. The number of nitrogens with zero attached hydrogens (tertiary/aromatic N) is 1. The van der Waals surface area contributed by atoms with Gasteiger partial charge in [-0.15, -0.1) is 0 Å². The molecule has 0 aliphatic heterocycles. The molecule has 4 rings (SSSR count). The molecule has 2 fully saturated rings. The van der Waals surface area contributed by atoms with E-state index in [4.69, 9.17) is 9.47 Å². The summed E-state index contributed by atoms with van der Waals surface area (Å²) in [5.41, 5.74) is -0.982. The lowest BCUT2D eigenvalue weighted by Gasteiger charge is -2.29. The van der Waals surface area contributed by atoms with Crippen LogP contribution in [-0.4, -0.2) is 35.4 Å². The monoisotopic (exact) mass is 493 g/mol. The van der Waals surface area contributed by atoms with E-state index >= 15 is 4.39 Å². The number of carbonyl (C=O) groups is 1. The van der Waals surface area contributed by atoms with E-state index in [1.54, 1.807) is 24.3 Å². The molecule has 2 atom stereocenters. The number of hydrogen-bond acceptors (Lipinski definition) is 4. The number of carboxylic acids is 1. The highest BCUT2D eigenvalue weighted by molar-refractivity contribution is 7.59. The van der Waals surface area contributed by atoms with Crippen molar-refractivity contribution in [2.24, 2.45) is 11.8 Å². The summed E-state index contributed by atoms with van der Waals surface area (Å²) in [6.45, 7) is 1.68. The SMILES string of the molecule is COc1cc(C2CCC(COc3cccc([C@H](C4CC4)C(C)(F)C(=O)O)c3)CC2)c(F)cn1.S. The quantitative estimate of drug-likeness (QED) is 0.464. The van der Waals surface area contributed by atoms with E-state index in [1.807, 2.05) is 6.07 Å². The van der Waals surface area contributed by atoms with Crippen molar-refractivity contribution in [2.75, 3.05) is 13.7 Å². The number of aliphatic carboxylic acids is 1. The Kier molecular flexibility index (Phi) is 8.44. The van der Waals surface area contributed by atoms with Crippen molar-refractivity contribution in [3.8, 4) is 11.6 Å². The zero-order chi connectivity index (χ0) is 23.6. The number of ether oxygens (including phenoxy) is 2. The van der Waals surface area contributed by atoms with Crippen LogP contribution >= 0.6 is 13.5 Å². The van der Waals surface area contributed by atoms with E-state index in [0.29, 0.717) is 35.3 Å². The van der Waals surface area contributed by atoms with E-state index in [2.05, 4.69) is 4.98 Å². The summed E-state index contributed by atoms with van der Waals surface area (Å²) in [6.07, 6.45) is 6.46. The highest BCUT2D eigenvalue weighted by atomic mass is 32.1. The molecular formula is C26H33F2NO4S. The molecule has 186 valence electrons. The zero-order valence-corrected chi connectivity index (χ0v) is 20.6. The van der Waals surface area contributed by atoms with Crippen molar-refractivity contribution < 1.29 is 28.2 Å². The van der Waals surface area contributed by atoms with Crippen molar-refractivity contribution in [2.45, 2.75) is 63.0 Å². The molecule has 1 N–H and O–H groups in total. The van der Waals surface area contributed by atoms with Crippen LogP contribution in [0.2, 0.25) is 0 Å². The van der Waals surface area contributed by atoms with Crippen LogP contribution in [0.1, 0.15) is 68.4 Å². The summed E-state index contributed by atoms with van der Waals surface area (Å²) in [5.74, 6) is -0.806. The summed E-state index contributed by atoms with van der Waals surface area (Å²) in [7, 11) is 1.52. The summed E-state index contributed by atoms with van der Waals surface area (Å²) >= 11 is 0. The van der Waals surface area contributed by atoms with E-state index in [1.165, 1.54) is 13.3 Å². The standard InChI is InChI=1S/C26H31F2NO4.H2S/c1-26(28,25(30)31)24(18-10-11-18)19-4-3-5-20(12-19)33-15-16-6-8-17(9-7-16)21-13-23(32-2)29-14-22(21)27;/h3-5,12-14,16-18,24H,6-11,15H2,1-2H3,(H,30,31);1H2/t16?,17?,24-,26?;/m0./s1. The fourth-order valence-corrected chi connectivity index (χ4v) is 5.10. The second-order valence-corrected chi connectivity index (χ2v) is 9.55. The first-order valence-corrected chi connectivity index (χ1v) is 11.6. The minimum absolute atomic E-state index is 0. The van der Waals surface area contributed by atoms with Crippen molar-refractivity contribution in [3.05, 3.63) is 53.5 Å². The van der Waals surface area contributed by atoms with Gasteiger partial charge in [-0.25, -0.2) is 18.6 Å². The van der Waals surface area contributed by atoms with Crippen molar-refractivity contribution in [3.63, 3.8) is 0 Å². The van der Waals surface area contributed by atoms with Gasteiger partial charge in [0.2, 0.25) is 11.5 Å². The predicted octanol–water partition coefficient (Wildman–Crippen LogP) is 6.00. The van der Waals surface area contributed by atoms with E-state index in [9.17, 15) is 14.3 Å². The van der Waals surface area contributed by atoms with Gasteiger partial charge in [0, 0.05) is 12.0 Å². The Morgan fingerprint density at radius 3 is 2.53 bits per heavy atom. The van der Waals surface area contributed by atoms with Gasteiger partial charge in [-0.05, 0) is 86.5 Å². The molecule has 1 aromatic heterocycles. The van der Waals surface area contributed by atoms with Crippen LogP contribution < -0.4 is 9.47 Å². The van der Waals surface area contributed by atoms with Crippen LogP contribution in [0.4, 0.5) is 8.78 Å². The summed E-state index contributed by atoms with van der Waals surface area (Å²) in [4.78, 5) is 15.4. The van der Waals surface area contributed by atoms with Crippen LogP contribution in [0, 0.1) is 17.7 Å². The lowest BCUT2D eigenvalue weighted by molar-refractivity contribution is -0.151. The van der Waals surface area contributed by atoms with Gasteiger partial charge in [0.25, 0.3) is 0 Å². The van der Waals surface area contributed by atoms with E-state index < -0.39 is 17.6 Å². The maximum atomic E-state index is 15.0. The number of rotatable bonds is 9. The first kappa shape index (κ1) is 26.3. The number of halogens is 2. The van der Waals surface area contributed by atoms with E-state index in [0.717, 1.165) is 45.4 Å². The molecule has 0 saturated heterocycles. The molecule has 0 spiro atoms. The van der Waals surface area contributed by atoms with Gasteiger partial charge in [0.15, 0.2) is 0 Å². The van der Waals surface area contributed by atoms with E-state index in [-0.39, 0.29) is 31.1 Å². The van der Waals surface area contributed by atoms with Crippen LogP contribution in [0.25, 0.3) is 0 Å². The third-order valence-corrected chi connectivity index (χ3v) is 7.15. The Morgan fingerprint density at radius 2 is 1.91 bits per heavy atom. The minimum Gasteiger partial charge on any atom is -0.493 e. The average Bonchev–Trinajstić information content (AvgIpc) is 3.63. The van der Waals surface area contributed by atoms with Gasteiger partial charge in [0.05, 0.1) is 19.9 Å². The number of carboxylic acid groups (broad SMARTS) is 1. The van der Waals surface area contributed by atoms with Gasteiger partial charge in [-0.1, -0.05) is 12.1 Å². The van der Waals surface area contributed by atoms with Crippen molar-refractivity contribution >= 4 is 19.5 Å².